The van der Waals surface area contributed by atoms with E-state index in [2.05, 4.69) is 11.9 Å². The van der Waals surface area contributed by atoms with Gasteiger partial charge in [0.2, 0.25) is 0 Å². The number of carbonyl (C=O) groups is 3. The highest BCUT2D eigenvalue weighted by atomic mass is 32.1. The first-order chi connectivity index (χ1) is 17.7. The molecule has 0 radical (unpaired) electrons. The molecule has 2 heterocycles. The molecule has 3 aromatic rings. The van der Waals surface area contributed by atoms with E-state index < -0.39 is 17.7 Å². The van der Waals surface area contributed by atoms with Crippen LogP contribution in [0.4, 0.5) is 5.13 Å². The molecule has 2 aromatic carbocycles. The smallest absolute Gasteiger partial charge is 0.301 e. The standard InChI is InChI=1S/C29H30N2O5S/c1-5-6-7-15-36-22-10-8-9-21(16-22)24-23(25(33)20-13-11-17(2)12-14-20)26(34)28(35)31(24)29-30-18(3)27(37-29)19(4)32/h8-14,16,24,33H,5-7,15H2,1-4H3/b25-23+. The van der Waals surface area contributed by atoms with E-state index in [0.29, 0.717) is 34.1 Å². The van der Waals surface area contributed by atoms with Crippen LogP contribution < -0.4 is 9.64 Å². The summed E-state index contributed by atoms with van der Waals surface area (Å²) in [6.45, 7) is 7.72. The number of aromatic nitrogens is 1. The third-order valence-electron chi connectivity index (χ3n) is 6.27. The minimum atomic E-state index is -0.939. The van der Waals surface area contributed by atoms with Crippen LogP contribution in [0.5, 0.6) is 5.75 Å². The molecule has 1 aliphatic heterocycles. The van der Waals surface area contributed by atoms with E-state index in [1.54, 1.807) is 37.3 Å². The van der Waals surface area contributed by atoms with Crippen molar-refractivity contribution in [3.8, 4) is 5.75 Å². The summed E-state index contributed by atoms with van der Waals surface area (Å²) < 4.78 is 5.93. The Balaban J connectivity index is 1.85. The molecule has 4 rings (SSSR count). The Morgan fingerprint density at radius 3 is 2.49 bits per heavy atom. The summed E-state index contributed by atoms with van der Waals surface area (Å²) >= 11 is 1.06. The van der Waals surface area contributed by atoms with E-state index >= 15 is 0 Å². The lowest BCUT2D eigenvalue weighted by atomic mass is 9.95. The van der Waals surface area contributed by atoms with Gasteiger partial charge in [-0.3, -0.25) is 19.3 Å². The van der Waals surface area contributed by atoms with Gasteiger partial charge in [-0.25, -0.2) is 4.98 Å². The van der Waals surface area contributed by atoms with Gasteiger partial charge in [0.15, 0.2) is 10.9 Å². The molecule has 37 heavy (non-hydrogen) atoms. The van der Waals surface area contributed by atoms with E-state index in [4.69, 9.17) is 4.74 Å². The predicted molar refractivity (Wildman–Crippen MR) is 144 cm³/mol. The van der Waals surface area contributed by atoms with Crippen molar-refractivity contribution in [2.75, 3.05) is 11.5 Å². The maximum absolute atomic E-state index is 13.4. The number of anilines is 1. The second-order valence-corrected chi connectivity index (χ2v) is 10.1. The first kappa shape index (κ1) is 26.3. The number of rotatable bonds is 9. The zero-order valence-electron chi connectivity index (χ0n) is 21.4. The molecule has 1 amide bonds. The van der Waals surface area contributed by atoms with E-state index in [1.807, 2.05) is 25.1 Å². The Morgan fingerprint density at radius 2 is 1.84 bits per heavy atom. The Morgan fingerprint density at radius 1 is 1.11 bits per heavy atom. The van der Waals surface area contributed by atoms with Crippen molar-refractivity contribution in [1.82, 2.24) is 4.98 Å². The maximum atomic E-state index is 13.4. The predicted octanol–water partition coefficient (Wildman–Crippen LogP) is 6.16. The maximum Gasteiger partial charge on any atom is 0.301 e. The van der Waals surface area contributed by atoms with E-state index in [1.165, 1.54) is 11.8 Å². The van der Waals surface area contributed by atoms with Gasteiger partial charge >= 0.3 is 5.91 Å². The molecule has 0 aliphatic carbocycles. The van der Waals surface area contributed by atoms with Crippen molar-refractivity contribution in [2.24, 2.45) is 0 Å². The molecule has 1 N–H and O–H groups in total. The van der Waals surface area contributed by atoms with Gasteiger partial charge in [0, 0.05) is 12.5 Å². The molecule has 1 unspecified atom stereocenters. The molecule has 1 fully saturated rings. The molecule has 7 nitrogen and oxygen atoms in total. The monoisotopic (exact) mass is 518 g/mol. The van der Waals surface area contributed by atoms with E-state index in [0.717, 1.165) is 36.2 Å². The fraction of sp³-hybridized carbons (Fsp3) is 0.310. The Bertz CT molecular complexity index is 1370. The zero-order valence-corrected chi connectivity index (χ0v) is 22.2. The molecule has 0 bridgehead atoms. The van der Waals surface area contributed by atoms with Crippen LogP contribution in [0, 0.1) is 13.8 Å². The molecular weight excluding hydrogens is 488 g/mol. The van der Waals surface area contributed by atoms with Crippen LogP contribution >= 0.6 is 11.3 Å². The highest BCUT2D eigenvalue weighted by Crippen LogP contribution is 2.44. The Labute approximate surface area is 220 Å². The number of aliphatic hydroxyl groups excluding tert-OH is 1. The molecule has 1 aromatic heterocycles. The lowest BCUT2D eigenvalue weighted by Crippen LogP contribution is -2.29. The number of hydrogen-bond acceptors (Lipinski definition) is 7. The number of aryl methyl sites for hydroxylation is 2. The van der Waals surface area contributed by atoms with Gasteiger partial charge in [0.05, 0.1) is 28.8 Å². The summed E-state index contributed by atoms with van der Waals surface area (Å²) in [5, 5.41) is 11.5. The normalized spacial score (nSPS) is 16.9. The van der Waals surface area contributed by atoms with Gasteiger partial charge in [-0.1, -0.05) is 73.1 Å². The first-order valence-electron chi connectivity index (χ1n) is 12.3. The summed E-state index contributed by atoms with van der Waals surface area (Å²) in [7, 11) is 0. The average molecular weight is 519 g/mol. The number of benzene rings is 2. The largest absolute Gasteiger partial charge is 0.507 e. The first-order valence-corrected chi connectivity index (χ1v) is 13.1. The zero-order chi connectivity index (χ0) is 26.7. The minimum absolute atomic E-state index is 0.0331. The number of Topliss-reactive ketones (excluding diaryl/α,β-unsaturated/α-hetero) is 2. The number of hydrogen-bond donors (Lipinski definition) is 1. The second kappa shape index (κ2) is 11.1. The molecule has 8 heteroatoms. The van der Waals surface area contributed by atoms with E-state index in [-0.39, 0.29) is 22.2 Å². The summed E-state index contributed by atoms with van der Waals surface area (Å²) in [5.41, 5.74) is 2.48. The SMILES string of the molecule is CCCCCOc1cccc(C2/C(=C(\O)c3ccc(C)cc3)C(=O)C(=O)N2c2nc(C)c(C(C)=O)s2)c1. The summed E-state index contributed by atoms with van der Waals surface area (Å²) in [4.78, 5) is 45.0. The lowest BCUT2D eigenvalue weighted by molar-refractivity contribution is -0.132. The molecule has 1 atom stereocenters. The molecule has 192 valence electrons. The highest BCUT2D eigenvalue weighted by molar-refractivity contribution is 7.18. The third kappa shape index (κ3) is 5.34. The summed E-state index contributed by atoms with van der Waals surface area (Å²) in [5.74, 6) is -1.45. The van der Waals surface area contributed by atoms with Crippen molar-refractivity contribution in [3.05, 3.63) is 81.4 Å². The minimum Gasteiger partial charge on any atom is -0.507 e. The van der Waals surface area contributed by atoms with Gasteiger partial charge < -0.3 is 9.84 Å². The van der Waals surface area contributed by atoms with Gasteiger partial charge in [0.25, 0.3) is 5.78 Å². The van der Waals surface area contributed by atoms with E-state index in [9.17, 15) is 19.5 Å². The number of amides is 1. The van der Waals surface area contributed by atoms with Crippen molar-refractivity contribution in [2.45, 2.75) is 53.0 Å². The van der Waals surface area contributed by atoms with Gasteiger partial charge in [-0.05, 0) is 38.0 Å². The van der Waals surface area contributed by atoms with Crippen LogP contribution in [0.1, 0.15) is 71.2 Å². The Hall–Kier alpha value is -3.78. The molecule has 0 spiro atoms. The van der Waals surface area contributed by atoms with Crippen LogP contribution in [0.25, 0.3) is 5.76 Å². The summed E-state index contributed by atoms with van der Waals surface area (Å²) in [6, 6.07) is 13.3. The molecular formula is C29H30N2O5S. The number of thiazole rings is 1. The van der Waals surface area contributed by atoms with Gasteiger partial charge in [0.1, 0.15) is 11.5 Å². The molecule has 1 saturated heterocycles. The highest BCUT2D eigenvalue weighted by Gasteiger charge is 2.48. The van der Waals surface area contributed by atoms with Crippen LogP contribution in [-0.4, -0.2) is 34.2 Å². The van der Waals surface area contributed by atoms with Gasteiger partial charge in [-0.2, -0.15) is 0 Å². The lowest BCUT2D eigenvalue weighted by Gasteiger charge is -2.23. The number of carbonyl (C=O) groups excluding carboxylic acids is 3. The number of aliphatic hydroxyl groups is 1. The fourth-order valence-electron chi connectivity index (χ4n) is 4.34. The molecule has 0 saturated carbocycles. The van der Waals surface area contributed by atoms with Crippen molar-refractivity contribution in [1.29, 1.82) is 0 Å². The average Bonchev–Trinajstić information content (AvgIpc) is 3.39. The summed E-state index contributed by atoms with van der Waals surface area (Å²) in [6.07, 6.45) is 3.05. The topological polar surface area (TPSA) is 96.8 Å². The van der Waals surface area contributed by atoms with Crippen LogP contribution in [0.15, 0.2) is 54.1 Å². The Kier molecular flexibility index (Phi) is 7.88. The number of ketones is 2. The van der Waals surface area contributed by atoms with Gasteiger partial charge in [-0.15, -0.1) is 0 Å². The number of ether oxygens (including phenoxy) is 1. The number of nitrogens with zero attached hydrogens (tertiary/aromatic N) is 2. The van der Waals surface area contributed by atoms with Crippen LogP contribution in [-0.2, 0) is 9.59 Å². The second-order valence-electron chi connectivity index (χ2n) is 9.13. The van der Waals surface area contributed by atoms with Crippen molar-refractivity contribution >= 4 is 39.7 Å². The number of unbranched alkanes of at least 4 members (excludes halogenated alkanes) is 2. The van der Waals surface area contributed by atoms with Crippen LogP contribution in [0.3, 0.4) is 0 Å². The van der Waals surface area contributed by atoms with Crippen molar-refractivity contribution in [3.63, 3.8) is 0 Å². The quantitative estimate of drug-likeness (QED) is 0.120. The van der Waals surface area contributed by atoms with Crippen LogP contribution in [0.2, 0.25) is 0 Å². The van der Waals surface area contributed by atoms with Crippen molar-refractivity contribution < 1.29 is 24.2 Å². The third-order valence-corrected chi connectivity index (χ3v) is 7.53. The fourth-order valence-corrected chi connectivity index (χ4v) is 5.33. The molecule has 1 aliphatic rings.